The van der Waals surface area contributed by atoms with Crippen molar-refractivity contribution in [2.24, 2.45) is 0 Å². The second kappa shape index (κ2) is 7.24. The van der Waals surface area contributed by atoms with E-state index in [0.717, 1.165) is 5.56 Å². The minimum absolute atomic E-state index is 0.0128. The van der Waals surface area contributed by atoms with E-state index in [0.29, 0.717) is 17.3 Å². The molecule has 5 heteroatoms. The molecule has 0 saturated heterocycles. The fourth-order valence-corrected chi connectivity index (χ4v) is 1.56. The van der Waals surface area contributed by atoms with Gasteiger partial charge in [-0.1, -0.05) is 11.6 Å². The Labute approximate surface area is 113 Å². The summed E-state index contributed by atoms with van der Waals surface area (Å²) in [6.07, 6.45) is 0. The van der Waals surface area contributed by atoms with Crippen LogP contribution in [-0.2, 0) is 4.79 Å². The molecule has 0 spiro atoms. The molecule has 1 aromatic carbocycles. The van der Waals surface area contributed by atoms with Gasteiger partial charge in [0, 0.05) is 17.6 Å². The SMILES string of the molecule is CNC(C)CNC(=O)COc1ccc(Cl)cc1C. The maximum atomic E-state index is 11.5. The minimum atomic E-state index is -0.133. The highest BCUT2D eigenvalue weighted by atomic mass is 35.5. The maximum absolute atomic E-state index is 11.5. The van der Waals surface area contributed by atoms with E-state index >= 15 is 0 Å². The van der Waals surface area contributed by atoms with E-state index in [1.165, 1.54) is 0 Å². The van der Waals surface area contributed by atoms with Crippen molar-refractivity contribution in [3.05, 3.63) is 28.8 Å². The molecule has 2 N–H and O–H groups in total. The Bertz CT molecular complexity index is 410. The molecule has 1 aromatic rings. The van der Waals surface area contributed by atoms with Gasteiger partial charge in [-0.25, -0.2) is 0 Å². The third kappa shape index (κ3) is 4.94. The summed E-state index contributed by atoms with van der Waals surface area (Å²) >= 11 is 5.84. The van der Waals surface area contributed by atoms with Crippen molar-refractivity contribution in [1.29, 1.82) is 0 Å². The van der Waals surface area contributed by atoms with Gasteiger partial charge >= 0.3 is 0 Å². The molecule has 0 saturated carbocycles. The number of rotatable bonds is 6. The summed E-state index contributed by atoms with van der Waals surface area (Å²) in [5.74, 6) is 0.544. The molecule has 1 unspecified atom stereocenters. The molecule has 4 nitrogen and oxygen atoms in total. The van der Waals surface area contributed by atoms with Gasteiger partial charge in [-0.2, -0.15) is 0 Å². The number of amides is 1. The molecule has 18 heavy (non-hydrogen) atoms. The Hall–Kier alpha value is -1.26. The monoisotopic (exact) mass is 270 g/mol. The normalized spacial score (nSPS) is 12.0. The van der Waals surface area contributed by atoms with Crippen molar-refractivity contribution in [3.63, 3.8) is 0 Å². The second-order valence-corrected chi connectivity index (χ2v) is 4.63. The van der Waals surface area contributed by atoms with E-state index in [1.807, 2.05) is 20.9 Å². The van der Waals surface area contributed by atoms with Crippen LogP contribution in [0.15, 0.2) is 18.2 Å². The van der Waals surface area contributed by atoms with Gasteiger partial charge in [-0.15, -0.1) is 0 Å². The minimum Gasteiger partial charge on any atom is -0.484 e. The molecule has 0 aliphatic heterocycles. The van der Waals surface area contributed by atoms with Gasteiger partial charge in [0.1, 0.15) is 5.75 Å². The van der Waals surface area contributed by atoms with E-state index in [1.54, 1.807) is 18.2 Å². The van der Waals surface area contributed by atoms with E-state index in [-0.39, 0.29) is 18.6 Å². The summed E-state index contributed by atoms with van der Waals surface area (Å²) in [5.41, 5.74) is 0.916. The first kappa shape index (κ1) is 14.8. The van der Waals surface area contributed by atoms with Gasteiger partial charge in [0.25, 0.3) is 5.91 Å². The highest BCUT2D eigenvalue weighted by Gasteiger charge is 2.06. The van der Waals surface area contributed by atoms with Gasteiger partial charge in [-0.3, -0.25) is 4.79 Å². The van der Waals surface area contributed by atoms with Crippen molar-refractivity contribution in [2.45, 2.75) is 19.9 Å². The number of hydrogen-bond donors (Lipinski definition) is 2. The van der Waals surface area contributed by atoms with Crippen LogP contribution >= 0.6 is 11.6 Å². The summed E-state index contributed by atoms with van der Waals surface area (Å²) in [6, 6.07) is 5.55. The van der Waals surface area contributed by atoms with Crippen LogP contribution in [0.1, 0.15) is 12.5 Å². The molecular weight excluding hydrogens is 252 g/mol. The van der Waals surface area contributed by atoms with Crippen molar-refractivity contribution in [1.82, 2.24) is 10.6 Å². The smallest absolute Gasteiger partial charge is 0.257 e. The van der Waals surface area contributed by atoms with Gasteiger partial charge in [-0.05, 0) is 44.7 Å². The van der Waals surface area contributed by atoms with Crippen LogP contribution < -0.4 is 15.4 Å². The summed E-state index contributed by atoms with van der Waals surface area (Å²) in [4.78, 5) is 11.5. The molecule has 0 aliphatic carbocycles. The lowest BCUT2D eigenvalue weighted by molar-refractivity contribution is -0.123. The number of ether oxygens (including phenoxy) is 1. The third-order valence-corrected chi connectivity index (χ3v) is 2.83. The predicted octanol–water partition coefficient (Wildman–Crippen LogP) is 1.75. The number of carbonyl (C=O) groups excluding carboxylic acids is 1. The summed E-state index contributed by atoms with van der Waals surface area (Å²) < 4.78 is 5.43. The zero-order valence-corrected chi connectivity index (χ0v) is 11.7. The quantitative estimate of drug-likeness (QED) is 0.828. The number of likely N-dealkylation sites (N-methyl/N-ethyl adjacent to an activating group) is 1. The van der Waals surface area contributed by atoms with E-state index in [9.17, 15) is 4.79 Å². The maximum Gasteiger partial charge on any atom is 0.257 e. The predicted molar refractivity (Wildman–Crippen MR) is 73.2 cm³/mol. The first-order valence-corrected chi connectivity index (χ1v) is 6.23. The first-order chi connectivity index (χ1) is 8.52. The fraction of sp³-hybridized carbons (Fsp3) is 0.462. The standard InChI is InChI=1S/C13H19ClN2O2/c1-9-6-11(14)4-5-12(9)18-8-13(17)16-7-10(2)15-3/h4-6,10,15H,7-8H2,1-3H3,(H,16,17). The van der Waals surface area contributed by atoms with Crippen LogP contribution in [0, 0.1) is 6.92 Å². The Morgan fingerprint density at radius 3 is 2.83 bits per heavy atom. The van der Waals surface area contributed by atoms with Crippen molar-refractivity contribution < 1.29 is 9.53 Å². The van der Waals surface area contributed by atoms with Crippen LogP contribution in [0.2, 0.25) is 5.02 Å². The number of aryl methyl sites for hydroxylation is 1. The van der Waals surface area contributed by atoms with Gasteiger partial charge in [0.15, 0.2) is 6.61 Å². The molecule has 0 heterocycles. The largest absolute Gasteiger partial charge is 0.484 e. The Morgan fingerprint density at radius 1 is 1.50 bits per heavy atom. The first-order valence-electron chi connectivity index (χ1n) is 5.86. The molecule has 0 aliphatic rings. The lowest BCUT2D eigenvalue weighted by atomic mass is 10.2. The van der Waals surface area contributed by atoms with E-state index < -0.39 is 0 Å². The zero-order chi connectivity index (χ0) is 13.5. The topological polar surface area (TPSA) is 50.4 Å². The average Bonchev–Trinajstić information content (AvgIpc) is 2.34. The Kier molecular flexibility index (Phi) is 5.95. The highest BCUT2D eigenvalue weighted by molar-refractivity contribution is 6.30. The Morgan fingerprint density at radius 2 is 2.22 bits per heavy atom. The lowest BCUT2D eigenvalue weighted by Gasteiger charge is -2.12. The van der Waals surface area contributed by atoms with Gasteiger partial charge < -0.3 is 15.4 Å². The number of hydrogen-bond acceptors (Lipinski definition) is 3. The van der Waals surface area contributed by atoms with E-state index in [4.69, 9.17) is 16.3 Å². The highest BCUT2D eigenvalue weighted by Crippen LogP contribution is 2.21. The van der Waals surface area contributed by atoms with Crippen LogP contribution in [0.25, 0.3) is 0 Å². The van der Waals surface area contributed by atoms with Gasteiger partial charge in [0.2, 0.25) is 0 Å². The molecular formula is C13H19ClN2O2. The molecule has 0 aromatic heterocycles. The number of benzene rings is 1. The summed E-state index contributed by atoms with van der Waals surface area (Å²) in [5, 5.41) is 6.48. The molecule has 0 bridgehead atoms. The average molecular weight is 271 g/mol. The third-order valence-electron chi connectivity index (χ3n) is 2.59. The van der Waals surface area contributed by atoms with Crippen LogP contribution in [0.5, 0.6) is 5.75 Å². The van der Waals surface area contributed by atoms with Crippen LogP contribution in [0.4, 0.5) is 0 Å². The molecule has 1 rings (SSSR count). The molecule has 1 atom stereocenters. The van der Waals surface area contributed by atoms with Crippen LogP contribution in [0.3, 0.4) is 0 Å². The number of halogens is 1. The van der Waals surface area contributed by atoms with Crippen molar-refractivity contribution in [3.8, 4) is 5.75 Å². The molecule has 100 valence electrons. The van der Waals surface area contributed by atoms with E-state index in [2.05, 4.69) is 10.6 Å². The summed E-state index contributed by atoms with van der Waals surface area (Å²) in [7, 11) is 1.85. The molecule has 0 fully saturated rings. The summed E-state index contributed by atoms with van der Waals surface area (Å²) in [6.45, 7) is 4.48. The number of nitrogens with one attached hydrogen (secondary N) is 2. The number of carbonyl (C=O) groups is 1. The lowest BCUT2D eigenvalue weighted by Crippen LogP contribution is -2.39. The van der Waals surface area contributed by atoms with Crippen molar-refractivity contribution in [2.75, 3.05) is 20.2 Å². The second-order valence-electron chi connectivity index (χ2n) is 4.19. The fourth-order valence-electron chi connectivity index (χ4n) is 1.34. The van der Waals surface area contributed by atoms with Crippen LogP contribution in [-0.4, -0.2) is 32.1 Å². The molecule has 1 amide bonds. The molecule has 0 radical (unpaired) electrons. The Balaban J connectivity index is 2.38. The van der Waals surface area contributed by atoms with Gasteiger partial charge in [0.05, 0.1) is 0 Å². The zero-order valence-electron chi connectivity index (χ0n) is 10.9. The van der Waals surface area contributed by atoms with Crippen molar-refractivity contribution >= 4 is 17.5 Å².